The predicted octanol–water partition coefficient (Wildman–Crippen LogP) is 2.57. The van der Waals surface area contributed by atoms with Crippen LogP contribution in [0.3, 0.4) is 0 Å². The Morgan fingerprint density at radius 2 is 2.00 bits per heavy atom. The molecule has 1 atom stereocenters. The lowest BCUT2D eigenvalue weighted by Gasteiger charge is -2.47. The molecule has 0 amide bonds. The van der Waals surface area contributed by atoms with Gasteiger partial charge in [-0.25, -0.2) is 0 Å². The van der Waals surface area contributed by atoms with Gasteiger partial charge in [-0.3, -0.25) is 0 Å². The molecule has 0 unspecified atom stereocenters. The highest BCUT2D eigenvalue weighted by molar-refractivity contribution is 4.92. The summed E-state index contributed by atoms with van der Waals surface area (Å²) in [6, 6.07) is 0. The van der Waals surface area contributed by atoms with Crippen LogP contribution >= 0.6 is 0 Å². The summed E-state index contributed by atoms with van der Waals surface area (Å²) in [7, 11) is 0. The summed E-state index contributed by atoms with van der Waals surface area (Å²) in [5.41, 5.74) is 6.18. The maximum Gasteiger partial charge on any atom is 0.0631 e. The molecule has 0 aromatic heterocycles. The fourth-order valence-electron chi connectivity index (χ4n) is 2.80. The molecule has 1 rings (SSSR count). The number of ether oxygens (including phenoxy) is 1. The molecule has 0 radical (unpaired) electrons. The molecule has 14 heavy (non-hydrogen) atoms. The fraction of sp³-hybridized carbons (Fsp3) is 1.00. The molecular formula is C12H25NO. The van der Waals surface area contributed by atoms with Crippen molar-refractivity contribution in [1.82, 2.24) is 0 Å². The van der Waals surface area contributed by atoms with Gasteiger partial charge < -0.3 is 10.5 Å². The standard InChI is InChI=1S/C12H25NO/c1-10(2)12(5-7-13)6-8-14-11(3,4)9-12/h10H,5-9,13H2,1-4H3/t12-/m1/s1. The first-order valence-electron chi connectivity index (χ1n) is 5.76. The van der Waals surface area contributed by atoms with Crippen molar-refractivity contribution in [1.29, 1.82) is 0 Å². The molecule has 0 saturated carbocycles. The van der Waals surface area contributed by atoms with Gasteiger partial charge in [0.05, 0.1) is 5.60 Å². The van der Waals surface area contributed by atoms with Crippen LogP contribution in [0.2, 0.25) is 0 Å². The van der Waals surface area contributed by atoms with E-state index >= 15 is 0 Å². The zero-order valence-corrected chi connectivity index (χ0v) is 10.1. The van der Waals surface area contributed by atoms with Crippen molar-refractivity contribution in [2.45, 2.75) is 52.6 Å². The van der Waals surface area contributed by atoms with Crippen LogP contribution in [-0.4, -0.2) is 18.8 Å². The van der Waals surface area contributed by atoms with E-state index in [1.807, 2.05) is 0 Å². The first kappa shape index (κ1) is 12.0. The topological polar surface area (TPSA) is 35.2 Å². The van der Waals surface area contributed by atoms with E-state index in [0.717, 1.165) is 26.0 Å². The van der Waals surface area contributed by atoms with Gasteiger partial charge >= 0.3 is 0 Å². The molecular weight excluding hydrogens is 174 g/mol. The van der Waals surface area contributed by atoms with Crippen LogP contribution in [0.5, 0.6) is 0 Å². The van der Waals surface area contributed by atoms with Crippen molar-refractivity contribution in [2.24, 2.45) is 17.1 Å². The van der Waals surface area contributed by atoms with Gasteiger partial charge in [-0.2, -0.15) is 0 Å². The third-order valence-electron chi connectivity index (χ3n) is 3.74. The van der Waals surface area contributed by atoms with Crippen molar-refractivity contribution in [2.75, 3.05) is 13.2 Å². The minimum atomic E-state index is 0.0394. The Hall–Kier alpha value is -0.0800. The monoisotopic (exact) mass is 199 g/mol. The normalized spacial score (nSPS) is 32.1. The molecule has 84 valence electrons. The van der Waals surface area contributed by atoms with Gasteiger partial charge in [-0.1, -0.05) is 13.8 Å². The lowest BCUT2D eigenvalue weighted by Crippen LogP contribution is -2.45. The highest BCUT2D eigenvalue weighted by atomic mass is 16.5. The highest BCUT2D eigenvalue weighted by Crippen LogP contribution is 2.46. The van der Waals surface area contributed by atoms with Crippen LogP contribution in [0.1, 0.15) is 47.0 Å². The lowest BCUT2D eigenvalue weighted by atomic mass is 9.65. The minimum absolute atomic E-state index is 0.0394. The van der Waals surface area contributed by atoms with Gasteiger partial charge in [0.25, 0.3) is 0 Å². The van der Waals surface area contributed by atoms with Gasteiger partial charge in [0.1, 0.15) is 0 Å². The van der Waals surface area contributed by atoms with Gasteiger partial charge in [0.15, 0.2) is 0 Å². The molecule has 2 N–H and O–H groups in total. The van der Waals surface area contributed by atoms with E-state index in [1.165, 1.54) is 6.42 Å². The van der Waals surface area contributed by atoms with E-state index in [-0.39, 0.29) is 5.60 Å². The second-order valence-electron chi connectivity index (χ2n) is 5.59. The Morgan fingerprint density at radius 1 is 1.36 bits per heavy atom. The zero-order valence-electron chi connectivity index (χ0n) is 10.1. The quantitative estimate of drug-likeness (QED) is 0.758. The van der Waals surface area contributed by atoms with Crippen molar-refractivity contribution in [3.05, 3.63) is 0 Å². The molecule has 2 heteroatoms. The number of hydrogen-bond acceptors (Lipinski definition) is 2. The summed E-state index contributed by atoms with van der Waals surface area (Å²) in [5.74, 6) is 0.703. The minimum Gasteiger partial charge on any atom is -0.376 e. The number of rotatable bonds is 3. The van der Waals surface area contributed by atoms with Crippen molar-refractivity contribution >= 4 is 0 Å². The fourth-order valence-corrected chi connectivity index (χ4v) is 2.80. The second-order valence-corrected chi connectivity index (χ2v) is 5.59. The molecule has 1 fully saturated rings. The van der Waals surface area contributed by atoms with Gasteiger partial charge in [0.2, 0.25) is 0 Å². The van der Waals surface area contributed by atoms with E-state index in [0.29, 0.717) is 11.3 Å². The molecule has 2 nitrogen and oxygen atoms in total. The molecule has 1 saturated heterocycles. The van der Waals surface area contributed by atoms with Crippen molar-refractivity contribution < 1.29 is 4.74 Å². The smallest absolute Gasteiger partial charge is 0.0631 e. The number of nitrogens with two attached hydrogens (primary N) is 1. The zero-order chi connectivity index (χ0) is 10.8. The van der Waals surface area contributed by atoms with Crippen LogP contribution in [0.25, 0.3) is 0 Å². The first-order valence-corrected chi connectivity index (χ1v) is 5.76. The van der Waals surface area contributed by atoms with E-state index in [1.54, 1.807) is 0 Å². The average Bonchev–Trinajstić information content (AvgIpc) is 2.02. The summed E-state index contributed by atoms with van der Waals surface area (Å²) >= 11 is 0. The molecule has 1 aliphatic rings. The summed E-state index contributed by atoms with van der Waals surface area (Å²) in [6.07, 6.45) is 3.46. The summed E-state index contributed by atoms with van der Waals surface area (Å²) in [4.78, 5) is 0. The van der Waals surface area contributed by atoms with E-state index in [2.05, 4.69) is 27.7 Å². The molecule has 0 aromatic carbocycles. The SMILES string of the molecule is CC(C)[C@]1(CCN)CCOC(C)(C)C1. The van der Waals surface area contributed by atoms with Crippen LogP contribution in [-0.2, 0) is 4.74 Å². The molecule has 0 bridgehead atoms. The van der Waals surface area contributed by atoms with Gasteiger partial charge in [-0.15, -0.1) is 0 Å². The molecule has 0 spiro atoms. The molecule has 0 aromatic rings. The Labute approximate surface area is 88.2 Å². The Bertz CT molecular complexity index is 185. The Morgan fingerprint density at radius 3 is 2.43 bits per heavy atom. The third kappa shape index (κ3) is 2.48. The molecule has 0 aliphatic carbocycles. The first-order chi connectivity index (χ1) is 6.42. The average molecular weight is 199 g/mol. The second kappa shape index (κ2) is 4.19. The van der Waals surface area contributed by atoms with E-state index in [4.69, 9.17) is 10.5 Å². The summed E-state index contributed by atoms with van der Waals surface area (Å²) < 4.78 is 5.78. The maximum atomic E-state index is 5.78. The van der Waals surface area contributed by atoms with Crippen LogP contribution in [0.4, 0.5) is 0 Å². The summed E-state index contributed by atoms with van der Waals surface area (Å²) in [5, 5.41) is 0. The van der Waals surface area contributed by atoms with Crippen LogP contribution in [0.15, 0.2) is 0 Å². The van der Waals surface area contributed by atoms with Crippen molar-refractivity contribution in [3.63, 3.8) is 0 Å². The van der Waals surface area contributed by atoms with Crippen LogP contribution < -0.4 is 5.73 Å². The highest BCUT2D eigenvalue weighted by Gasteiger charge is 2.42. The largest absolute Gasteiger partial charge is 0.376 e. The van der Waals surface area contributed by atoms with E-state index < -0.39 is 0 Å². The molecule has 1 heterocycles. The Kier molecular flexibility index (Phi) is 3.59. The van der Waals surface area contributed by atoms with Crippen LogP contribution in [0, 0.1) is 11.3 Å². The third-order valence-corrected chi connectivity index (χ3v) is 3.74. The summed E-state index contributed by atoms with van der Waals surface area (Å²) in [6.45, 7) is 10.7. The maximum absolute atomic E-state index is 5.78. The van der Waals surface area contributed by atoms with Crippen molar-refractivity contribution in [3.8, 4) is 0 Å². The number of hydrogen-bond donors (Lipinski definition) is 1. The van der Waals surface area contributed by atoms with Gasteiger partial charge in [0, 0.05) is 6.61 Å². The predicted molar refractivity (Wildman–Crippen MR) is 60.2 cm³/mol. The van der Waals surface area contributed by atoms with E-state index in [9.17, 15) is 0 Å². The Balaban J connectivity index is 2.76. The molecule has 1 aliphatic heterocycles. The lowest BCUT2D eigenvalue weighted by molar-refractivity contribution is -0.120. The van der Waals surface area contributed by atoms with Gasteiger partial charge in [-0.05, 0) is 51.0 Å².